The predicted molar refractivity (Wildman–Crippen MR) is 65.3 cm³/mol. The first-order chi connectivity index (χ1) is 7.22. The zero-order valence-corrected chi connectivity index (χ0v) is 10.0. The van der Waals surface area contributed by atoms with Crippen molar-refractivity contribution in [2.45, 2.75) is 45.1 Å². The first kappa shape index (κ1) is 12.5. The molecule has 84 valence electrons. The minimum absolute atomic E-state index is 0.123. The molecule has 0 aliphatic carbocycles. The van der Waals surface area contributed by atoms with E-state index >= 15 is 0 Å². The molecular weight excluding hydrogens is 208 g/mol. The van der Waals surface area contributed by atoms with Gasteiger partial charge in [0.2, 0.25) is 0 Å². The molecule has 1 rings (SSSR count). The first-order valence-corrected chi connectivity index (χ1v) is 6.02. The van der Waals surface area contributed by atoms with Gasteiger partial charge in [0.1, 0.15) is 0 Å². The van der Waals surface area contributed by atoms with Crippen LogP contribution in [0.15, 0.2) is 24.3 Å². The molecule has 1 unspecified atom stereocenters. The first-order valence-electron chi connectivity index (χ1n) is 5.65. The molecule has 1 nitrogen and oxygen atoms in total. The number of aryl methyl sites for hydroxylation is 1. The lowest BCUT2D eigenvalue weighted by molar-refractivity contribution is 0.151. The highest BCUT2D eigenvalue weighted by atomic mass is 35.5. The van der Waals surface area contributed by atoms with Crippen molar-refractivity contribution in [2.75, 3.05) is 0 Å². The Bertz CT molecular complexity index is 268. The average molecular weight is 227 g/mol. The Morgan fingerprint density at radius 3 is 2.47 bits per heavy atom. The molecule has 0 heterocycles. The second kappa shape index (κ2) is 6.86. The van der Waals surface area contributed by atoms with Crippen LogP contribution in [0.3, 0.4) is 0 Å². The number of hydrogen-bond acceptors (Lipinski definition) is 1. The van der Waals surface area contributed by atoms with Crippen LogP contribution < -0.4 is 0 Å². The smallest absolute Gasteiger partial charge is 0.0540 e. The Kier molecular flexibility index (Phi) is 5.74. The Morgan fingerprint density at radius 1 is 1.20 bits per heavy atom. The summed E-state index contributed by atoms with van der Waals surface area (Å²) in [6, 6.07) is 7.93. The molecule has 0 aliphatic heterocycles. The molecule has 1 aromatic rings. The lowest BCUT2D eigenvalue weighted by atomic mass is 10.0. The lowest BCUT2D eigenvalue weighted by Crippen LogP contribution is -2.05. The van der Waals surface area contributed by atoms with Crippen LogP contribution in [0, 0.1) is 0 Å². The van der Waals surface area contributed by atoms with Crippen LogP contribution in [0.5, 0.6) is 0 Å². The second-order valence-electron chi connectivity index (χ2n) is 3.96. The van der Waals surface area contributed by atoms with Gasteiger partial charge in [0.05, 0.1) is 6.10 Å². The molecular formula is C13H19ClO. The quantitative estimate of drug-likeness (QED) is 0.782. The third-order valence-electron chi connectivity index (χ3n) is 2.54. The van der Waals surface area contributed by atoms with E-state index in [1.165, 1.54) is 5.56 Å². The number of hydrogen-bond donors (Lipinski definition) is 1. The van der Waals surface area contributed by atoms with Gasteiger partial charge in [-0.1, -0.05) is 37.1 Å². The SMILES string of the molecule is CCCC(O)CCCc1ccc(Cl)cc1. The lowest BCUT2D eigenvalue weighted by Gasteiger charge is -2.08. The number of benzene rings is 1. The highest BCUT2D eigenvalue weighted by Crippen LogP contribution is 2.13. The summed E-state index contributed by atoms with van der Waals surface area (Å²) in [4.78, 5) is 0. The van der Waals surface area contributed by atoms with Crippen LogP contribution in [-0.4, -0.2) is 11.2 Å². The van der Waals surface area contributed by atoms with Gasteiger partial charge in [0, 0.05) is 5.02 Å². The fourth-order valence-electron chi connectivity index (χ4n) is 1.67. The molecule has 15 heavy (non-hydrogen) atoms. The largest absolute Gasteiger partial charge is 0.393 e. The minimum Gasteiger partial charge on any atom is -0.393 e. The van der Waals surface area contributed by atoms with E-state index in [0.29, 0.717) is 0 Å². The topological polar surface area (TPSA) is 20.2 Å². The fraction of sp³-hybridized carbons (Fsp3) is 0.538. The maximum absolute atomic E-state index is 9.55. The van der Waals surface area contributed by atoms with Crippen LogP contribution >= 0.6 is 11.6 Å². The molecule has 0 saturated carbocycles. The van der Waals surface area contributed by atoms with Crippen molar-refractivity contribution in [2.24, 2.45) is 0 Å². The molecule has 0 radical (unpaired) electrons. The minimum atomic E-state index is -0.123. The van der Waals surface area contributed by atoms with Crippen molar-refractivity contribution in [3.63, 3.8) is 0 Å². The van der Waals surface area contributed by atoms with Gasteiger partial charge in [-0.15, -0.1) is 0 Å². The predicted octanol–water partition coefficient (Wildman–Crippen LogP) is 3.82. The average Bonchev–Trinajstić information content (AvgIpc) is 2.21. The van der Waals surface area contributed by atoms with Crippen LogP contribution in [0.4, 0.5) is 0 Å². The van der Waals surface area contributed by atoms with Gasteiger partial charge in [-0.25, -0.2) is 0 Å². The summed E-state index contributed by atoms with van der Waals surface area (Å²) in [6.07, 6.45) is 4.82. The maximum Gasteiger partial charge on any atom is 0.0540 e. The summed E-state index contributed by atoms with van der Waals surface area (Å²) in [6.45, 7) is 2.10. The third-order valence-corrected chi connectivity index (χ3v) is 2.79. The van der Waals surface area contributed by atoms with E-state index in [0.717, 1.165) is 37.1 Å². The van der Waals surface area contributed by atoms with Crippen molar-refractivity contribution in [3.05, 3.63) is 34.9 Å². The number of aliphatic hydroxyl groups excluding tert-OH is 1. The monoisotopic (exact) mass is 226 g/mol. The molecule has 0 aromatic heterocycles. The molecule has 0 fully saturated rings. The second-order valence-corrected chi connectivity index (χ2v) is 4.40. The standard InChI is InChI=1S/C13H19ClO/c1-2-4-13(15)6-3-5-11-7-9-12(14)10-8-11/h7-10,13,15H,2-6H2,1H3. The summed E-state index contributed by atoms with van der Waals surface area (Å²) < 4.78 is 0. The van der Waals surface area contributed by atoms with E-state index in [1.54, 1.807) is 0 Å². The van der Waals surface area contributed by atoms with Crippen LogP contribution in [0.1, 0.15) is 38.2 Å². The van der Waals surface area contributed by atoms with Crippen LogP contribution in [-0.2, 0) is 6.42 Å². The Balaban J connectivity index is 2.22. The summed E-state index contributed by atoms with van der Waals surface area (Å²) in [7, 11) is 0. The fourth-order valence-corrected chi connectivity index (χ4v) is 1.80. The molecule has 1 N–H and O–H groups in total. The molecule has 0 saturated heterocycles. The van der Waals surface area contributed by atoms with Gasteiger partial charge in [0.15, 0.2) is 0 Å². The van der Waals surface area contributed by atoms with E-state index in [1.807, 2.05) is 12.1 Å². The van der Waals surface area contributed by atoms with Crippen LogP contribution in [0.2, 0.25) is 5.02 Å². The number of aliphatic hydroxyl groups is 1. The van der Waals surface area contributed by atoms with Crippen LogP contribution in [0.25, 0.3) is 0 Å². The molecule has 0 amide bonds. The van der Waals surface area contributed by atoms with Gasteiger partial charge in [-0.05, 0) is 43.4 Å². The summed E-state index contributed by atoms with van der Waals surface area (Å²) >= 11 is 5.80. The molecule has 0 aliphatic rings. The normalized spacial score (nSPS) is 12.7. The van der Waals surface area contributed by atoms with E-state index in [9.17, 15) is 5.11 Å². The molecule has 2 heteroatoms. The van der Waals surface area contributed by atoms with E-state index in [-0.39, 0.29) is 6.10 Å². The Hall–Kier alpha value is -0.530. The van der Waals surface area contributed by atoms with Gasteiger partial charge in [0.25, 0.3) is 0 Å². The highest BCUT2D eigenvalue weighted by Gasteiger charge is 2.02. The third kappa shape index (κ3) is 5.19. The zero-order chi connectivity index (χ0) is 11.1. The maximum atomic E-state index is 9.55. The van der Waals surface area contributed by atoms with Crippen molar-refractivity contribution < 1.29 is 5.11 Å². The van der Waals surface area contributed by atoms with E-state index in [4.69, 9.17) is 11.6 Å². The van der Waals surface area contributed by atoms with Crippen molar-refractivity contribution in [3.8, 4) is 0 Å². The summed E-state index contributed by atoms with van der Waals surface area (Å²) in [5.41, 5.74) is 1.29. The zero-order valence-electron chi connectivity index (χ0n) is 9.25. The van der Waals surface area contributed by atoms with Gasteiger partial charge in [-0.3, -0.25) is 0 Å². The Morgan fingerprint density at radius 2 is 1.87 bits per heavy atom. The molecule has 1 aromatic carbocycles. The van der Waals surface area contributed by atoms with Crippen molar-refractivity contribution in [1.29, 1.82) is 0 Å². The molecule has 0 spiro atoms. The summed E-state index contributed by atoms with van der Waals surface area (Å²) in [5, 5.41) is 10.3. The Labute approximate surface area is 97.1 Å². The number of halogens is 1. The van der Waals surface area contributed by atoms with E-state index < -0.39 is 0 Å². The van der Waals surface area contributed by atoms with E-state index in [2.05, 4.69) is 19.1 Å². The van der Waals surface area contributed by atoms with Gasteiger partial charge in [-0.2, -0.15) is 0 Å². The van der Waals surface area contributed by atoms with Gasteiger partial charge >= 0.3 is 0 Å². The molecule has 1 atom stereocenters. The summed E-state index contributed by atoms with van der Waals surface area (Å²) in [5.74, 6) is 0. The van der Waals surface area contributed by atoms with Crippen molar-refractivity contribution >= 4 is 11.6 Å². The highest BCUT2D eigenvalue weighted by molar-refractivity contribution is 6.30. The van der Waals surface area contributed by atoms with Crippen molar-refractivity contribution in [1.82, 2.24) is 0 Å². The number of rotatable bonds is 6. The van der Waals surface area contributed by atoms with Gasteiger partial charge < -0.3 is 5.11 Å². The molecule has 0 bridgehead atoms.